The minimum Gasteiger partial charge on any atom is -0.0837 e. The van der Waals surface area contributed by atoms with Crippen molar-refractivity contribution in [3.8, 4) is 0 Å². The molecule has 0 aromatic heterocycles. The maximum Gasteiger partial charge on any atom is -0.0164 e. The molecule has 1 atom stereocenters. The van der Waals surface area contributed by atoms with Gasteiger partial charge in [-0.15, -0.1) is 0 Å². The van der Waals surface area contributed by atoms with Crippen molar-refractivity contribution < 1.29 is 0 Å². The summed E-state index contributed by atoms with van der Waals surface area (Å²) in [6, 6.07) is 0. The van der Waals surface area contributed by atoms with Crippen molar-refractivity contribution in [2.75, 3.05) is 0 Å². The van der Waals surface area contributed by atoms with Crippen molar-refractivity contribution in [3.05, 3.63) is 23.3 Å². The number of hydrogen-bond acceptors (Lipinski definition) is 0. The third-order valence-electron chi connectivity index (χ3n) is 2.84. The molecule has 0 amide bonds. The highest BCUT2D eigenvalue weighted by Crippen LogP contribution is 2.39. The first-order chi connectivity index (χ1) is 5.96. The zero-order valence-electron chi connectivity index (χ0n) is 9.65. The van der Waals surface area contributed by atoms with E-state index >= 15 is 0 Å². The molecule has 1 aliphatic rings. The fourth-order valence-electron chi connectivity index (χ4n) is 2.47. The van der Waals surface area contributed by atoms with Crippen LogP contribution in [-0.2, 0) is 0 Å². The third kappa shape index (κ3) is 2.24. The van der Waals surface area contributed by atoms with E-state index in [-0.39, 0.29) is 0 Å². The minimum absolute atomic E-state index is 0.343. The van der Waals surface area contributed by atoms with Crippen LogP contribution in [0.3, 0.4) is 0 Å². The lowest BCUT2D eigenvalue weighted by molar-refractivity contribution is 0.426. The second kappa shape index (κ2) is 3.69. The van der Waals surface area contributed by atoms with Crippen molar-refractivity contribution >= 4 is 0 Å². The highest BCUT2D eigenvalue weighted by atomic mass is 14.3. The summed E-state index contributed by atoms with van der Waals surface area (Å²) >= 11 is 0. The van der Waals surface area contributed by atoms with Crippen LogP contribution >= 0.6 is 0 Å². The van der Waals surface area contributed by atoms with E-state index in [2.05, 4.69) is 46.8 Å². The van der Waals surface area contributed by atoms with Gasteiger partial charge < -0.3 is 0 Å². The van der Waals surface area contributed by atoms with Gasteiger partial charge in [0, 0.05) is 0 Å². The van der Waals surface area contributed by atoms with Crippen LogP contribution in [0.5, 0.6) is 0 Å². The van der Waals surface area contributed by atoms with Crippen LogP contribution < -0.4 is 0 Å². The zero-order valence-corrected chi connectivity index (χ0v) is 9.65. The molecule has 1 rings (SSSR count). The Kier molecular flexibility index (Phi) is 3.00. The van der Waals surface area contributed by atoms with Crippen LogP contribution in [-0.4, -0.2) is 0 Å². The smallest absolute Gasteiger partial charge is 0.0164 e. The van der Waals surface area contributed by atoms with E-state index in [1.54, 1.807) is 11.1 Å². The largest absolute Gasteiger partial charge is 0.0837 e. The van der Waals surface area contributed by atoms with Gasteiger partial charge in [-0.1, -0.05) is 52.3 Å². The first kappa shape index (κ1) is 10.6. The highest BCUT2D eigenvalue weighted by Gasteiger charge is 2.25. The molecule has 0 saturated carbocycles. The summed E-state index contributed by atoms with van der Waals surface area (Å²) in [5.74, 6) is 0.736. The molecule has 0 saturated heterocycles. The zero-order chi connectivity index (χ0) is 10.1. The Balaban J connectivity index is 3.09. The van der Waals surface area contributed by atoms with E-state index in [0.29, 0.717) is 5.41 Å². The molecule has 13 heavy (non-hydrogen) atoms. The average Bonchev–Trinajstić information content (AvgIpc) is 2.01. The molecule has 0 spiro atoms. The molecule has 0 heteroatoms. The molecule has 0 nitrogen and oxygen atoms in total. The Labute approximate surface area is 82.7 Å². The van der Waals surface area contributed by atoms with Crippen LogP contribution in [0.1, 0.15) is 47.5 Å². The topological polar surface area (TPSA) is 0 Å². The quantitative estimate of drug-likeness (QED) is 0.560. The predicted molar refractivity (Wildman–Crippen MR) is 59.7 cm³/mol. The van der Waals surface area contributed by atoms with E-state index in [4.69, 9.17) is 0 Å². The Morgan fingerprint density at radius 2 is 2.00 bits per heavy atom. The normalized spacial score (nSPS) is 23.9. The molecule has 0 heterocycles. The lowest BCUT2D eigenvalue weighted by Crippen LogP contribution is -2.19. The van der Waals surface area contributed by atoms with Crippen molar-refractivity contribution in [2.45, 2.75) is 47.5 Å². The van der Waals surface area contributed by atoms with E-state index in [1.165, 1.54) is 12.8 Å². The van der Waals surface area contributed by atoms with Gasteiger partial charge in [0.2, 0.25) is 0 Å². The summed E-state index contributed by atoms with van der Waals surface area (Å²) in [7, 11) is 0. The molecule has 0 radical (unpaired) electrons. The highest BCUT2D eigenvalue weighted by molar-refractivity contribution is 5.34. The number of rotatable bonds is 1. The molecular weight excluding hydrogens is 156 g/mol. The van der Waals surface area contributed by atoms with Gasteiger partial charge in [-0.2, -0.15) is 0 Å². The first-order valence-electron chi connectivity index (χ1n) is 5.37. The molecular formula is C13H22. The summed E-state index contributed by atoms with van der Waals surface area (Å²) in [5.41, 5.74) is 3.57. The molecule has 0 N–H and O–H groups in total. The molecule has 1 aliphatic carbocycles. The van der Waals surface area contributed by atoms with Gasteiger partial charge in [0.25, 0.3) is 0 Å². The molecule has 0 aliphatic heterocycles. The van der Waals surface area contributed by atoms with Gasteiger partial charge in [-0.25, -0.2) is 0 Å². The summed E-state index contributed by atoms with van der Waals surface area (Å²) in [4.78, 5) is 0. The van der Waals surface area contributed by atoms with E-state index in [9.17, 15) is 0 Å². The monoisotopic (exact) mass is 178 g/mol. The Hall–Kier alpha value is -0.520. The van der Waals surface area contributed by atoms with Crippen molar-refractivity contribution in [3.63, 3.8) is 0 Å². The molecule has 0 aromatic rings. The SMILES string of the molecule is CCC1=C(C(C)(C)C)[C@H](C)CC=C1. The molecule has 74 valence electrons. The second-order valence-electron chi connectivity index (χ2n) is 5.08. The van der Waals surface area contributed by atoms with Crippen molar-refractivity contribution in [2.24, 2.45) is 11.3 Å². The molecule has 0 unspecified atom stereocenters. The summed E-state index contributed by atoms with van der Waals surface area (Å²) in [5, 5.41) is 0. The Morgan fingerprint density at radius 3 is 2.38 bits per heavy atom. The first-order valence-corrected chi connectivity index (χ1v) is 5.37. The van der Waals surface area contributed by atoms with Crippen LogP contribution in [0.4, 0.5) is 0 Å². The van der Waals surface area contributed by atoms with Crippen LogP contribution in [0.2, 0.25) is 0 Å². The lowest BCUT2D eigenvalue weighted by Gasteiger charge is -2.32. The fraction of sp³-hybridized carbons (Fsp3) is 0.692. The summed E-state index contributed by atoms with van der Waals surface area (Å²) < 4.78 is 0. The standard InChI is InChI=1S/C13H22/c1-6-11-9-7-8-10(2)12(11)13(3,4)5/h7,9-10H,6,8H2,1-5H3/t10-/m1/s1. The molecule has 0 bridgehead atoms. The van der Waals surface area contributed by atoms with E-state index in [0.717, 1.165) is 5.92 Å². The summed E-state index contributed by atoms with van der Waals surface area (Å²) in [6.07, 6.45) is 7.03. The van der Waals surface area contributed by atoms with E-state index < -0.39 is 0 Å². The second-order valence-corrected chi connectivity index (χ2v) is 5.08. The maximum absolute atomic E-state index is 2.35. The minimum atomic E-state index is 0.343. The van der Waals surface area contributed by atoms with Gasteiger partial charge in [-0.3, -0.25) is 0 Å². The maximum atomic E-state index is 2.35. The summed E-state index contributed by atoms with van der Waals surface area (Å²) in [6.45, 7) is 11.6. The van der Waals surface area contributed by atoms with Gasteiger partial charge in [0.1, 0.15) is 0 Å². The Morgan fingerprint density at radius 1 is 1.38 bits per heavy atom. The molecule has 0 fully saturated rings. The number of hydrogen-bond donors (Lipinski definition) is 0. The van der Waals surface area contributed by atoms with Crippen LogP contribution in [0.25, 0.3) is 0 Å². The van der Waals surface area contributed by atoms with Crippen LogP contribution in [0.15, 0.2) is 23.3 Å². The Bertz CT molecular complexity index is 235. The third-order valence-corrected chi connectivity index (χ3v) is 2.84. The predicted octanol–water partition coefficient (Wildman–Crippen LogP) is 4.34. The average molecular weight is 178 g/mol. The lowest BCUT2D eigenvalue weighted by atomic mass is 9.73. The molecule has 0 aromatic carbocycles. The fourth-order valence-corrected chi connectivity index (χ4v) is 2.47. The van der Waals surface area contributed by atoms with Gasteiger partial charge in [0.15, 0.2) is 0 Å². The van der Waals surface area contributed by atoms with Gasteiger partial charge in [-0.05, 0) is 29.7 Å². The van der Waals surface area contributed by atoms with E-state index in [1.807, 2.05) is 0 Å². The van der Waals surface area contributed by atoms with Gasteiger partial charge in [0.05, 0.1) is 0 Å². The van der Waals surface area contributed by atoms with Crippen molar-refractivity contribution in [1.29, 1.82) is 0 Å². The van der Waals surface area contributed by atoms with Gasteiger partial charge >= 0.3 is 0 Å². The number of allylic oxidation sites excluding steroid dienone is 4. The van der Waals surface area contributed by atoms with Crippen LogP contribution in [0, 0.1) is 11.3 Å². The van der Waals surface area contributed by atoms with Crippen molar-refractivity contribution in [1.82, 2.24) is 0 Å².